The van der Waals surface area contributed by atoms with Gasteiger partial charge in [-0.25, -0.2) is 9.59 Å². The summed E-state index contributed by atoms with van der Waals surface area (Å²) in [7, 11) is 0. The molecule has 0 aromatic carbocycles. The SMILES string of the molecule is CC(C)C[C@H](N)C(=O)O[C@H]1C(=O)OC2OC34C(=O)OC5CC(C(C)(C)C)C21C53[C@@H](O)C1OC(=O)[C@@H](C)[C@@]14O. The predicted molar refractivity (Wildman–Crippen MR) is 123 cm³/mol. The maximum Gasteiger partial charge on any atom is 0.350 e. The molecule has 4 heterocycles. The lowest BCUT2D eigenvalue weighted by Gasteiger charge is -2.48. The zero-order chi connectivity index (χ0) is 28.0. The van der Waals surface area contributed by atoms with Gasteiger partial charge in [0.15, 0.2) is 11.7 Å². The van der Waals surface area contributed by atoms with Crippen molar-refractivity contribution in [1.82, 2.24) is 0 Å². The Morgan fingerprint density at radius 1 is 1.16 bits per heavy atom. The molecule has 0 aromatic heterocycles. The number of carbonyl (C=O) groups excluding carboxylic acids is 4. The number of aliphatic hydroxyl groups is 2. The monoisotopic (exact) mass is 537 g/mol. The molecule has 6 aliphatic rings. The molecule has 2 spiro atoms. The summed E-state index contributed by atoms with van der Waals surface area (Å²) in [5.74, 6) is -5.29. The number of carbonyl (C=O) groups is 4. The van der Waals surface area contributed by atoms with Crippen LogP contribution in [-0.4, -0.2) is 82.0 Å². The second kappa shape index (κ2) is 7.26. The van der Waals surface area contributed by atoms with E-state index in [4.69, 9.17) is 29.4 Å². The van der Waals surface area contributed by atoms with Crippen LogP contribution in [0.3, 0.4) is 0 Å². The molecule has 4 N–H and O–H groups in total. The fraction of sp³-hybridized carbons (Fsp3) is 0.846. The quantitative estimate of drug-likeness (QED) is 0.311. The third-order valence-corrected chi connectivity index (χ3v) is 10.2. The first kappa shape index (κ1) is 26.0. The summed E-state index contributed by atoms with van der Waals surface area (Å²) in [6.45, 7) is 10.9. The van der Waals surface area contributed by atoms with Crippen molar-refractivity contribution in [1.29, 1.82) is 0 Å². The Labute approximate surface area is 219 Å². The van der Waals surface area contributed by atoms with E-state index in [2.05, 4.69) is 0 Å². The number of aliphatic hydroxyl groups excluding tert-OH is 1. The van der Waals surface area contributed by atoms with Crippen molar-refractivity contribution in [2.24, 2.45) is 39.7 Å². The fourth-order valence-corrected chi connectivity index (χ4v) is 9.05. The summed E-state index contributed by atoms with van der Waals surface area (Å²) in [6, 6.07) is -1.03. The van der Waals surface area contributed by atoms with Crippen molar-refractivity contribution in [3.8, 4) is 0 Å². The minimum absolute atomic E-state index is 0.0699. The van der Waals surface area contributed by atoms with Gasteiger partial charge in [-0.2, -0.15) is 0 Å². The highest BCUT2D eigenvalue weighted by Gasteiger charge is 3.04. The molecule has 12 nitrogen and oxygen atoms in total. The lowest BCUT2D eigenvalue weighted by atomic mass is 9.51. The van der Waals surface area contributed by atoms with E-state index in [9.17, 15) is 29.4 Å². The number of hydrogen-bond acceptors (Lipinski definition) is 12. The summed E-state index contributed by atoms with van der Waals surface area (Å²) >= 11 is 0. The number of hydrogen-bond donors (Lipinski definition) is 3. The van der Waals surface area contributed by atoms with Crippen LogP contribution >= 0.6 is 0 Å². The van der Waals surface area contributed by atoms with Gasteiger partial charge >= 0.3 is 23.9 Å². The summed E-state index contributed by atoms with van der Waals surface area (Å²) < 4.78 is 29.1. The van der Waals surface area contributed by atoms with Gasteiger partial charge in [0.25, 0.3) is 0 Å². The summed E-state index contributed by atoms with van der Waals surface area (Å²) in [5, 5.41) is 24.2. The normalized spacial score (nSPS) is 50.8. The molecule has 7 unspecified atom stereocenters. The molecule has 38 heavy (non-hydrogen) atoms. The molecule has 0 bridgehead atoms. The van der Waals surface area contributed by atoms with E-state index in [-0.39, 0.29) is 12.3 Å². The molecule has 6 fully saturated rings. The highest BCUT2D eigenvalue weighted by Crippen LogP contribution is 2.84. The first-order chi connectivity index (χ1) is 17.5. The van der Waals surface area contributed by atoms with Crippen LogP contribution in [-0.2, 0) is 42.9 Å². The van der Waals surface area contributed by atoms with E-state index in [0.717, 1.165) is 0 Å². The number of rotatable bonds is 4. The number of ether oxygens (including phenoxy) is 5. The van der Waals surface area contributed by atoms with Crippen LogP contribution in [0.4, 0.5) is 0 Å². The zero-order valence-corrected chi connectivity index (χ0v) is 22.3. The van der Waals surface area contributed by atoms with Gasteiger partial charge in [-0.1, -0.05) is 34.6 Å². The second-order valence-electron chi connectivity index (χ2n) is 13.3. The van der Waals surface area contributed by atoms with Crippen LogP contribution in [0.1, 0.15) is 54.4 Å². The molecule has 12 heteroatoms. The topological polar surface area (TPSA) is 181 Å². The van der Waals surface area contributed by atoms with Gasteiger partial charge in [0, 0.05) is 0 Å². The average molecular weight is 538 g/mol. The van der Waals surface area contributed by atoms with Gasteiger partial charge < -0.3 is 39.6 Å². The molecule has 4 saturated heterocycles. The Hall–Kier alpha value is -2.28. The molecule has 0 radical (unpaired) electrons. The zero-order valence-electron chi connectivity index (χ0n) is 22.3. The van der Waals surface area contributed by atoms with Gasteiger partial charge in [0.1, 0.15) is 18.2 Å². The van der Waals surface area contributed by atoms with Crippen LogP contribution in [0.25, 0.3) is 0 Å². The predicted octanol–water partition coefficient (Wildman–Crippen LogP) is -0.445. The maximum absolute atomic E-state index is 13.8. The minimum atomic E-state index is -2.32. The Kier molecular flexibility index (Phi) is 4.96. The van der Waals surface area contributed by atoms with Crippen LogP contribution in [0, 0.1) is 34.0 Å². The Morgan fingerprint density at radius 3 is 2.42 bits per heavy atom. The third-order valence-electron chi connectivity index (χ3n) is 10.2. The van der Waals surface area contributed by atoms with Crippen LogP contribution < -0.4 is 5.73 Å². The largest absolute Gasteiger partial charge is 0.459 e. The summed E-state index contributed by atoms with van der Waals surface area (Å²) in [4.78, 5) is 53.0. The highest BCUT2D eigenvalue weighted by molar-refractivity contribution is 5.94. The average Bonchev–Trinajstić information content (AvgIpc) is 3.51. The van der Waals surface area contributed by atoms with E-state index >= 15 is 0 Å². The highest BCUT2D eigenvalue weighted by atomic mass is 16.8. The molecular formula is C26H35NO11. The standard InChI is InChI=1S/C26H35NO11/c1-9(2)7-11(27)18(30)36-16-19(31)37-21-23(16)12(22(4,5)6)8-13-24(23)14(28)15-25(33,10(3)17(29)35-15)26(24,38-21)20(32)34-13/h9-16,21,28,33H,7-8,27H2,1-6H3/t10-,11+,12?,13?,14+,15?,16+,21?,23?,24?,25-,26?/m1/s1. The lowest BCUT2D eigenvalue weighted by Crippen LogP contribution is -2.67. The number of fused-ring (bicyclic) bond motifs is 1. The summed E-state index contributed by atoms with van der Waals surface area (Å²) in [6.07, 6.45) is -6.90. The van der Waals surface area contributed by atoms with Gasteiger partial charge in [-0.3, -0.25) is 9.59 Å². The van der Waals surface area contributed by atoms with Crippen LogP contribution in [0.2, 0.25) is 0 Å². The van der Waals surface area contributed by atoms with E-state index < -0.39 is 99.9 Å². The van der Waals surface area contributed by atoms with Crippen molar-refractivity contribution >= 4 is 23.9 Å². The molecule has 2 aliphatic carbocycles. The van der Waals surface area contributed by atoms with Gasteiger partial charge in [0.2, 0.25) is 18.0 Å². The first-order valence-corrected chi connectivity index (χ1v) is 13.2. The molecular weight excluding hydrogens is 502 g/mol. The van der Waals surface area contributed by atoms with Crippen LogP contribution in [0.15, 0.2) is 0 Å². The maximum atomic E-state index is 13.8. The van der Waals surface area contributed by atoms with Gasteiger partial charge in [-0.05, 0) is 37.0 Å². The van der Waals surface area contributed by atoms with E-state index in [1.54, 1.807) is 0 Å². The van der Waals surface area contributed by atoms with Crippen LogP contribution in [0.5, 0.6) is 0 Å². The fourth-order valence-electron chi connectivity index (χ4n) is 9.05. The Bertz CT molecular complexity index is 1150. The van der Waals surface area contributed by atoms with Gasteiger partial charge in [-0.15, -0.1) is 0 Å². The van der Waals surface area contributed by atoms with Crippen molar-refractivity contribution in [2.75, 3.05) is 0 Å². The van der Waals surface area contributed by atoms with Crippen molar-refractivity contribution in [3.63, 3.8) is 0 Å². The van der Waals surface area contributed by atoms with Gasteiger partial charge in [0.05, 0.1) is 16.7 Å². The molecule has 12 atom stereocenters. The lowest BCUT2D eigenvalue weighted by molar-refractivity contribution is -0.240. The van der Waals surface area contributed by atoms with Crippen molar-refractivity contribution in [3.05, 3.63) is 0 Å². The Balaban J connectivity index is 1.59. The second-order valence-corrected chi connectivity index (χ2v) is 13.3. The summed E-state index contributed by atoms with van der Waals surface area (Å²) in [5.41, 5.74) is -2.62. The van der Waals surface area contributed by atoms with Crippen molar-refractivity contribution in [2.45, 2.75) is 102 Å². The Morgan fingerprint density at radius 2 is 1.82 bits per heavy atom. The molecule has 6 rings (SSSR count). The smallest absolute Gasteiger partial charge is 0.350 e. The molecule has 0 amide bonds. The molecule has 0 aromatic rings. The van der Waals surface area contributed by atoms with E-state index in [0.29, 0.717) is 6.42 Å². The minimum Gasteiger partial charge on any atom is -0.459 e. The first-order valence-electron chi connectivity index (χ1n) is 13.2. The molecule has 4 aliphatic heterocycles. The molecule has 210 valence electrons. The number of nitrogens with two attached hydrogens (primary N) is 1. The third kappa shape index (κ3) is 2.36. The van der Waals surface area contributed by atoms with E-state index in [1.165, 1.54) is 6.92 Å². The van der Waals surface area contributed by atoms with E-state index in [1.807, 2.05) is 34.6 Å². The molecule has 2 saturated carbocycles. The number of esters is 4. The van der Waals surface area contributed by atoms with Crippen molar-refractivity contribution < 1.29 is 53.1 Å².